The molecule has 1 aliphatic rings. The Morgan fingerprint density at radius 1 is 1.32 bits per heavy atom. The van der Waals surface area contributed by atoms with Crippen LogP contribution in [0.1, 0.15) is 22.7 Å². The number of nitrogens with one attached hydrogen (secondary N) is 2. The first kappa shape index (κ1) is 13.8. The summed E-state index contributed by atoms with van der Waals surface area (Å²) >= 11 is 0. The number of benzene rings is 1. The SMILES string of the molecule is COc1cc(C)cc(C)c1C1NCCNC1C(=O)O. The van der Waals surface area contributed by atoms with Crippen molar-refractivity contribution in [3.05, 3.63) is 28.8 Å². The number of aliphatic carboxylic acids is 1. The highest BCUT2D eigenvalue weighted by molar-refractivity contribution is 5.75. The lowest BCUT2D eigenvalue weighted by molar-refractivity contribution is -0.140. The number of carbonyl (C=O) groups is 1. The largest absolute Gasteiger partial charge is 0.496 e. The molecule has 2 atom stereocenters. The van der Waals surface area contributed by atoms with Crippen molar-refractivity contribution in [2.45, 2.75) is 25.9 Å². The highest BCUT2D eigenvalue weighted by atomic mass is 16.5. The van der Waals surface area contributed by atoms with Gasteiger partial charge in [-0.15, -0.1) is 0 Å². The minimum Gasteiger partial charge on any atom is -0.496 e. The van der Waals surface area contributed by atoms with Crippen LogP contribution < -0.4 is 15.4 Å². The van der Waals surface area contributed by atoms with Gasteiger partial charge in [0.05, 0.1) is 13.2 Å². The number of hydrogen-bond donors (Lipinski definition) is 3. The molecule has 1 aliphatic heterocycles. The molecule has 0 aromatic heterocycles. The third-order valence-electron chi connectivity index (χ3n) is 3.48. The van der Waals surface area contributed by atoms with Crippen LogP contribution >= 0.6 is 0 Å². The molecule has 1 fully saturated rings. The van der Waals surface area contributed by atoms with Crippen LogP contribution in [-0.2, 0) is 4.79 Å². The van der Waals surface area contributed by atoms with E-state index in [0.29, 0.717) is 6.54 Å². The van der Waals surface area contributed by atoms with Gasteiger partial charge in [0.15, 0.2) is 0 Å². The number of rotatable bonds is 3. The highest BCUT2D eigenvalue weighted by Crippen LogP contribution is 2.32. The average Bonchev–Trinajstić information content (AvgIpc) is 2.37. The Hall–Kier alpha value is -1.59. The summed E-state index contributed by atoms with van der Waals surface area (Å²) < 4.78 is 5.43. The molecule has 0 saturated carbocycles. The normalized spacial score (nSPS) is 23.1. The van der Waals surface area contributed by atoms with Crippen LogP contribution in [0.3, 0.4) is 0 Å². The Morgan fingerprint density at radius 3 is 2.63 bits per heavy atom. The standard InChI is InChI=1S/C14H20N2O3/c1-8-6-9(2)11(10(7-8)19-3)12-13(14(17)18)16-5-4-15-12/h6-7,12-13,15-16H,4-5H2,1-3H3,(H,17,18). The van der Waals surface area contributed by atoms with E-state index in [0.717, 1.165) is 29.0 Å². The van der Waals surface area contributed by atoms with Crippen LogP contribution in [0.5, 0.6) is 5.75 Å². The second-order valence-corrected chi connectivity index (χ2v) is 4.90. The van der Waals surface area contributed by atoms with Gasteiger partial charge in [0.2, 0.25) is 0 Å². The Labute approximate surface area is 113 Å². The predicted molar refractivity (Wildman–Crippen MR) is 72.6 cm³/mol. The van der Waals surface area contributed by atoms with Gasteiger partial charge < -0.3 is 20.5 Å². The maximum absolute atomic E-state index is 11.4. The molecular weight excluding hydrogens is 244 g/mol. The van der Waals surface area contributed by atoms with Crippen LogP contribution in [0.25, 0.3) is 0 Å². The molecule has 104 valence electrons. The van der Waals surface area contributed by atoms with E-state index in [4.69, 9.17) is 4.74 Å². The topological polar surface area (TPSA) is 70.6 Å². The first-order valence-corrected chi connectivity index (χ1v) is 6.39. The number of carboxylic acids is 1. The fourth-order valence-electron chi connectivity index (χ4n) is 2.70. The molecule has 0 aliphatic carbocycles. The van der Waals surface area contributed by atoms with Gasteiger partial charge in [-0.1, -0.05) is 6.07 Å². The molecule has 1 saturated heterocycles. The van der Waals surface area contributed by atoms with E-state index in [1.165, 1.54) is 0 Å². The summed E-state index contributed by atoms with van der Waals surface area (Å²) in [5.41, 5.74) is 3.07. The maximum Gasteiger partial charge on any atom is 0.322 e. The van der Waals surface area contributed by atoms with Gasteiger partial charge in [-0.05, 0) is 31.0 Å². The van der Waals surface area contributed by atoms with Crippen molar-refractivity contribution in [1.29, 1.82) is 0 Å². The monoisotopic (exact) mass is 264 g/mol. The van der Waals surface area contributed by atoms with Crippen LogP contribution in [0.2, 0.25) is 0 Å². The number of methoxy groups -OCH3 is 1. The molecule has 0 spiro atoms. The van der Waals surface area contributed by atoms with E-state index in [1.807, 2.05) is 26.0 Å². The van der Waals surface area contributed by atoms with Crippen LogP contribution in [-0.4, -0.2) is 37.3 Å². The van der Waals surface area contributed by atoms with E-state index in [9.17, 15) is 9.90 Å². The Balaban J connectivity index is 2.46. The summed E-state index contributed by atoms with van der Waals surface area (Å²) in [6, 6.07) is 3.08. The molecule has 0 amide bonds. The number of carboxylic acid groups (broad SMARTS) is 1. The third-order valence-corrected chi connectivity index (χ3v) is 3.48. The average molecular weight is 264 g/mol. The summed E-state index contributed by atoms with van der Waals surface area (Å²) in [6.07, 6.45) is 0. The van der Waals surface area contributed by atoms with E-state index in [1.54, 1.807) is 7.11 Å². The zero-order valence-electron chi connectivity index (χ0n) is 11.5. The predicted octanol–water partition coefficient (Wildman–Crippen LogP) is 0.999. The smallest absolute Gasteiger partial charge is 0.322 e. The lowest BCUT2D eigenvalue weighted by atomic mass is 9.91. The Morgan fingerprint density at radius 2 is 2.00 bits per heavy atom. The molecule has 1 heterocycles. The molecule has 5 nitrogen and oxygen atoms in total. The first-order valence-electron chi connectivity index (χ1n) is 6.39. The number of hydrogen-bond acceptors (Lipinski definition) is 4. The third kappa shape index (κ3) is 2.72. The molecule has 19 heavy (non-hydrogen) atoms. The summed E-state index contributed by atoms with van der Waals surface area (Å²) in [5.74, 6) is -0.107. The quantitative estimate of drug-likeness (QED) is 0.760. The van der Waals surface area contributed by atoms with Crippen LogP contribution in [0.15, 0.2) is 12.1 Å². The van der Waals surface area contributed by atoms with Crippen molar-refractivity contribution < 1.29 is 14.6 Å². The van der Waals surface area contributed by atoms with Crippen molar-refractivity contribution in [3.8, 4) is 5.75 Å². The van der Waals surface area contributed by atoms with E-state index in [2.05, 4.69) is 10.6 Å². The van der Waals surface area contributed by atoms with Gasteiger partial charge in [-0.3, -0.25) is 4.79 Å². The van der Waals surface area contributed by atoms with Gasteiger partial charge >= 0.3 is 5.97 Å². The maximum atomic E-state index is 11.4. The number of aryl methyl sites for hydroxylation is 2. The van der Waals surface area contributed by atoms with Gasteiger partial charge in [0.1, 0.15) is 11.8 Å². The fourth-order valence-corrected chi connectivity index (χ4v) is 2.70. The molecule has 1 aromatic rings. The second kappa shape index (κ2) is 5.59. The molecule has 2 unspecified atom stereocenters. The second-order valence-electron chi connectivity index (χ2n) is 4.90. The summed E-state index contributed by atoms with van der Waals surface area (Å²) in [7, 11) is 1.61. The van der Waals surface area contributed by atoms with Gasteiger partial charge in [0, 0.05) is 18.7 Å². The summed E-state index contributed by atoms with van der Waals surface area (Å²) in [4.78, 5) is 11.4. The molecule has 0 radical (unpaired) electrons. The van der Waals surface area contributed by atoms with Gasteiger partial charge in [-0.25, -0.2) is 0 Å². The minimum absolute atomic E-state index is 0.276. The first-order chi connectivity index (χ1) is 9.04. The van der Waals surface area contributed by atoms with Crippen molar-refractivity contribution in [1.82, 2.24) is 10.6 Å². The van der Waals surface area contributed by atoms with E-state index >= 15 is 0 Å². The molecule has 5 heteroatoms. The Kier molecular flexibility index (Phi) is 4.07. The van der Waals surface area contributed by atoms with Crippen LogP contribution in [0, 0.1) is 13.8 Å². The molecule has 3 N–H and O–H groups in total. The lowest BCUT2D eigenvalue weighted by Gasteiger charge is -2.33. The number of piperazine rings is 1. The lowest BCUT2D eigenvalue weighted by Crippen LogP contribution is -2.54. The highest BCUT2D eigenvalue weighted by Gasteiger charge is 2.34. The fraction of sp³-hybridized carbons (Fsp3) is 0.500. The number of ether oxygens (including phenoxy) is 1. The van der Waals surface area contributed by atoms with Crippen molar-refractivity contribution in [2.75, 3.05) is 20.2 Å². The Bertz CT molecular complexity index is 488. The summed E-state index contributed by atoms with van der Waals surface area (Å²) in [5, 5.41) is 15.7. The molecule has 2 rings (SSSR count). The van der Waals surface area contributed by atoms with Crippen molar-refractivity contribution in [2.24, 2.45) is 0 Å². The minimum atomic E-state index is -0.848. The van der Waals surface area contributed by atoms with E-state index in [-0.39, 0.29) is 6.04 Å². The molecular formula is C14H20N2O3. The molecule has 0 bridgehead atoms. The summed E-state index contributed by atoms with van der Waals surface area (Å²) in [6.45, 7) is 5.38. The van der Waals surface area contributed by atoms with Crippen molar-refractivity contribution in [3.63, 3.8) is 0 Å². The van der Waals surface area contributed by atoms with Crippen molar-refractivity contribution >= 4 is 5.97 Å². The zero-order chi connectivity index (χ0) is 14.0. The zero-order valence-corrected chi connectivity index (χ0v) is 11.5. The van der Waals surface area contributed by atoms with Gasteiger partial charge in [-0.2, -0.15) is 0 Å². The van der Waals surface area contributed by atoms with Crippen LogP contribution in [0.4, 0.5) is 0 Å². The van der Waals surface area contributed by atoms with Gasteiger partial charge in [0.25, 0.3) is 0 Å². The molecule has 1 aromatic carbocycles. The van der Waals surface area contributed by atoms with E-state index < -0.39 is 12.0 Å².